The molecule has 3 aromatic heterocycles. The third-order valence-electron chi connectivity index (χ3n) is 13.2. The fourth-order valence-electron chi connectivity index (χ4n) is 10.2. The van der Waals surface area contributed by atoms with Gasteiger partial charge in [0.2, 0.25) is 5.95 Å². The van der Waals surface area contributed by atoms with Crippen LogP contribution < -0.4 is 4.90 Å². The van der Waals surface area contributed by atoms with E-state index in [0.29, 0.717) is 5.95 Å². The maximum Gasteiger partial charge on any atom is 0.235 e. The Labute approximate surface area is 364 Å². The monoisotopic (exact) mass is 812 g/mol. The highest BCUT2D eigenvalue weighted by atomic mass is 32.1. The average Bonchev–Trinajstić information content (AvgIpc) is 4.14. The van der Waals surface area contributed by atoms with Gasteiger partial charge in [0.05, 0.1) is 22.4 Å². The summed E-state index contributed by atoms with van der Waals surface area (Å²) in [5.74, 6) is 0.706. The van der Waals surface area contributed by atoms with Crippen LogP contribution in [-0.2, 0) is 19.3 Å². The summed E-state index contributed by atoms with van der Waals surface area (Å²) in [6.45, 7) is 1.01. The quantitative estimate of drug-likeness (QED) is 0.168. The van der Waals surface area contributed by atoms with E-state index in [0.717, 1.165) is 60.3 Å². The molecule has 8 aromatic carbocycles. The highest BCUT2D eigenvalue weighted by Crippen LogP contribution is 2.43. The molecule has 2 aliphatic rings. The lowest BCUT2D eigenvalue weighted by atomic mass is 9.98. The number of anilines is 2. The molecule has 1 aliphatic heterocycles. The van der Waals surface area contributed by atoms with E-state index in [1.807, 2.05) is 11.3 Å². The molecule has 0 atom stereocenters. The minimum atomic E-state index is 0.706. The van der Waals surface area contributed by atoms with E-state index in [1.54, 1.807) is 0 Å². The van der Waals surface area contributed by atoms with Crippen molar-refractivity contribution in [2.24, 2.45) is 0 Å². The fraction of sp³-hybridized carbons (Fsp3) is 0.0877. The lowest BCUT2D eigenvalue weighted by Crippen LogP contribution is -2.12. The van der Waals surface area contributed by atoms with Gasteiger partial charge in [-0.25, -0.2) is 9.97 Å². The van der Waals surface area contributed by atoms with Gasteiger partial charge in [-0.3, -0.25) is 4.57 Å². The van der Waals surface area contributed by atoms with E-state index in [9.17, 15) is 0 Å². The van der Waals surface area contributed by atoms with Gasteiger partial charge < -0.3 is 4.90 Å². The standard InChI is InChI=1S/C57H40N4S/c1-4-11-37(12-5-1)50-35-51(38-13-6-2-7-14-38)59-57(58-50)61-53-26-21-40(32-47(53)46-24-19-36-15-10-18-45(36)56(46)61)42-23-28-55-49(34-42)48-33-41(22-27-54(48)62-55)39-20-25-52-43(31-39)29-30-60(52)44-16-8-3-9-17-44/h1-9,11-14,16-17,19-28,31-35H,10,15,18,29-30H2. The lowest BCUT2D eigenvalue weighted by Gasteiger charge is -2.19. The van der Waals surface area contributed by atoms with Gasteiger partial charge in [-0.05, 0) is 131 Å². The molecule has 1 aliphatic carbocycles. The number of hydrogen-bond acceptors (Lipinski definition) is 4. The van der Waals surface area contributed by atoms with Crippen molar-refractivity contribution in [3.05, 3.63) is 199 Å². The summed E-state index contributed by atoms with van der Waals surface area (Å²) < 4.78 is 4.98. The van der Waals surface area contributed by atoms with Crippen molar-refractivity contribution < 1.29 is 0 Å². The largest absolute Gasteiger partial charge is 0.341 e. The van der Waals surface area contributed by atoms with Crippen molar-refractivity contribution in [3.63, 3.8) is 0 Å². The molecular weight excluding hydrogens is 773 g/mol. The molecule has 5 heteroatoms. The first-order valence-electron chi connectivity index (χ1n) is 21.7. The Kier molecular flexibility index (Phi) is 8.07. The van der Waals surface area contributed by atoms with Gasteiger partial charge in [-0.2, -0.15) is 0 Å². The molecule has 0 unspecified atom stereocenters. The Morgan fingerprint density at radius 1 is 0.435 bits per heavy atom. The number of fused-ring (bicyclic) bond motifs is 9. The Hall–Kier alpha value is -7.34. The van der Waals surface area contributed by atoms with Gasteiger partial charge in [-0.15, -0.1) is 11.3 Å². The van der Waals surface area contributed by atoms with Gasteiger partial charge >= 0.3 is 0 Å². The van der Waals surface area contributed by atoms with Gasteiger partial charge in [-0.1, -0.05) is 115 Å². The van der Waals surface area contributed by atoms with E-state index in [4.69, 9.17) is 9.97 Å². The van der Waals surface area contributed by atoms with Crippen molar-refractivity contribution >= 4 is 64.7 Å². The summed E-state index contributed by atoms with van der Waals surface area (Å²) in [6.07, 6.45) is 4.38. The normalized spacial score (nSPS) is 13.5. The van der Waals surface area contributed by atoms with Gasteiger partial charge in [0.1, 0.15) is 0 Å². The minimum absolute atomic E-state index is 0.706. The second-order valence-corrected chi connectivity index (χ2v) is 17.9. The topological polar surface area (TPSA) is 34.0 Å². The molecule has 62 heavy (non-hydrogen) atoms. The average molecular weight is 813 g/mol. The Morgan fingerprint density at radius 2 is 1.03 bits per heavy atom. The summed E-state index contributed by atoms with van der Waals surface area (Å²) in [5, 5.41) is 5.10. The Bertz CT molecular complexity index is 3490. The predicted molar refractivity (Wildman–Crippen MR) is 260 cm³/mol. The van der Waals surface area contributed by atoms with Crippen LogP contribution >= 0.6 is 11.3 Å². The Morgan fingerprint density at radius 3 is 1.71 bits per heavy atom. The molecule has 0 bridgehead atoms. The third-order valence-corrected chi connectivity index (χ3v) is 14.4. The molecule has 4 nitrogen and oxygen atoms in total. The van der Waals surface area contributed by atoms with Crippen molar-refractivity contribution in [2.45, 2.75) is 25.7 Å². The van der Waals surface area contributed by atoms with E-state index < -0.39 is 0 Å². The molecule has 0 saturated carbocycles. The van der Waals surface area contributed by atoms with Crippen LogP contribution in [0.4, 0.5) is 11.4 Å². The third kappa shape index (κ3) is 5.73. The molecule has 11 aromatic rings. The zero-order valence-corrected chi connectivity index (χ0v) is 34.9. The first-order chi connectivity index (χ1) is 30.7. The van der Waals surface area contributed by atoms with Crippen LogP contribution in [0.2, 0.25) is 0 Å². The fourth-order valence-corrected chi connectivity index (χ4v) is 11.3. The molecule has 0 fully saturated rings. The first-order valence-corrected chi connectivity index (χ1v) is 22.5. The zero-order chi connectivity index (χ0) is 40.7. The summed E-state index contributed by atoms with van der Waals surface area (Å²) in [6, 6.07) is 66.6. The van der Waals surface area contributed by atoms with Crippen molar-refractivity contribution in [2.75, 3.05) is 11.4 Å². The number of thiophene rings is 1. The number of aryl methyl sites for hydroxylation is 2. The second-order valence-electron chi connectivity index (χ2n) is 16.8. The minimum Gasteiger partial charge on any atom is -0.341 e. The number of hydrogen-bond donors (Lipinski definition) is 0. The van der Waals surface area contributed by atoms with Crippen molar-refractivity contribution in [3.8, 4) is 50.7 Å². The van der Waals surface area contributed by atoms with E-state index in [1.165, 1.54) is 86.8 Å². The zero-order valence-electron chi connectivity index (χ0n) is 34.1. The van der Waals surface area contributed by atoms with E-state index >= 15 is 0 Å². The van der Waals surface area contributed by atoms with E-state index in [-0.39, 0.29) is 0 Å². The molecule has 0 saturated heterocycles. The molecule has 0 amide bonds. The second kappa shape index (κ2) is 14.1. The maximum absolute atomic E-state index is 5.35. The van der Waals surface area contributed by atoms with Gasteiger partial charge in [0.25, 0.3) is 0 Å². The van der Waals surface area contributed by atoms with Crippen LogP contribution in [0.15, 0.2) is 182 Å². The summed E-state index contributed by atoms with van der Waals surface area (Å²) in [7, 11) is 0. The number of nitrogens with zero attached hydrogens (tertiary/aromatic N) is 4. The van der Waals surface area contributed by atoms with Crippen LogP contribution in [0.1, 0.15) is 23.1 Å². The Balaban J connectivity index is 0.937. The van der Waals surface area contributed by atoms with Crippen LogP contribution in [0, 0.1) is 0 Å². The highest BCUT2D eigenvalue weighted by Gasteiger charge is 2.24. The molecule has 0 N–H and O–H groups in total. The van der Waals surface area contributed by atoms with Crippen LogP contribution in [-0.4, -0.2) is 21.1 Å². The van der Waals surface area contributed by atoms with Crippen molar-refractivity contribution in [1.29, 1.82) is 0 Å². The lowest BCUT2D eigenvalue weighted by molar-refractivity contribution is 0.910. The van der Waals surface area contributed by atoms with Crippen LogP contribution in [0.3, 0.4) is 0 Å². The number of benzene rings is 8. The van der Waals surface area contributed by atoms with Crippen LogP contribution in [0.25, 0.3) is 92.7 Å². The first kappa shape index (κ1) is 35.4. The predicted octanol–water partition coefficient (Wildman–Crippen LogP) is 14.8. The number of para-hydroxylation sites is 1. The molecule has 13 rings (SSSR count). The van der Waals surface area contributed by atoms with Gasteiger partial charge in [0.15, 0.2) is 0 Å². The maximum atomic E-state index is 5.35. The molecule has 0 radical (unpaired) electrons. The summed E-state index contributed by atoms with van der Waals surface area (Å²) >= 11 is 1.88. The molecular formula is C57H40N4S. The number of aromatic nitrogens is 3. The molecule has 4 heterocycles. The molecule has 294 valence electrons. The molecule has 0 spiro atoms. The van der Waals surface area contributed by atoms with Gasteiger partial charge in [0, 0.05) is 60.0 Å². The summed E-state index contributed by atoms with van der Waals surface area (Å²) in [4.78, 5) is 13.1. The smallest absolute Gasteiger partial charge is 0.235 e. The summed E-state index contributed by atoms with van der Waals surface area (Å²) in [5.41, 5.74) is 18.2. The highest BCUT2D eigenvalue weighted by molar-refractivity contribution is 7.25. The number of rotatable bonds is 6. The van der Waals surface area contributed by atoms with Crippen molar-refractivity contribution in [1.82, 2.24) is 14.5 Å². The SMILES string of the molecule is c1ccc(-c2cc(-c3ccccc3)nc(-n3c4ccc(-c5ccc6sc7ccc(-c8ccc9c(c8)CCN9c8ccccc8)cc7c6c5)cc4c4ccc5c(c43)CCC5)n2)cc1. The van der Waals surface area contributed by atoms with Crippen LogP contribution in [0.5, 0.6) is 0 Å². The van der Waals surface area contributed by atoms with E-state index in [2.05, 4.69) is 191 Å².